The lowest BCUT2D eigenvalue weighted by Gasteiger charge is -2.22. The molecule has 1 amide bonds. The lowest BCUT2D eigenvalue weighted by molar-refractivity contribution is -0.120. The summed E-state index contributed by atoms with van der Waals surface area (Å²) in [6.45, 7) is 1.60. The normalized spacial score (nSPS) is 15.4. The fourth-order valence-corrected chi connectivity index (χ4v) is 5.68. The molecule has 0 radical (unpaired) electrons. The summed E-state index contributed by atoms with van der Waals surface area (Å²) in [5.74, 6) is -0.188. The number of amides is 1. The van der Waals surface area contributed by atoms with Crippen molar-refractivity contribution in [2.45, 2.75) is 17.7 Å². The average molecular weight is 435 g/mol. The predicted molar refractivity (Wildman–Crippen MR) is 120 cm³/mol. The standard InChI is InChI=1S/C23H22N4O3S/c28-23(17-11-13-24-14-12-17)26-20-9-3-7-18-15-25-27(22(18)20)31(29,30)21-10-4-6-16-5-1-2-8-19(16)21/h1-10,15,17,24H,11-14H2,(H,26,28). The Morgan fingerprint density at radius 2 is 1.68 bits per heavy atom. The summed E-state index contributed by atoms with van der Waals surface area (Å²) in [5, 5.41) is 12.5. The minimum Gasteiger partial charge on any atom is -0.324 e. The van der Waals surface area contributed by atoms with E-state index in [1.54, 1.807) is 36.4 Å². The average Bonchev–Trinajstić information content (AvgIpc) is 3.25. The number of hydrogen-bond donors (Lipinski definition) is 2. The summed E-state index contributed by atoms with van der Waals surface area (Å²) in [6.07, 6.45) is 3.03. The van der Waals surface area contributed by atoms with Crippen molar-refractivity contribution in [2.75, 3.05) is 18.4 Å². The smallest absolute Gasteiger partial charge is 0.284 e. The molecule has 158 valence electrons. The lowest BCUT2D eigenvalue weighted by atomic mass is 9.97. The molecule has 0 saturated carbocycles. The lowest BCUT2D eigenvalue weighted by Crippen LogP contribution is -2.34. The first kappa shape index (κ1) is 19.7. The molecule has 0 aliphatic carbocycles. The maximum atomic E-state index is 13.6. The highest BCUT2D eigenvalue weighted by Gasteiger charge is 2.26. The fraction of sp³-hybridized carbons (Fsp3) is 0.217. The second-order valence-electron chi connectivity index (χ2n) is 7.73. The number of aromatic nitrogens is 2. The van der Waals surface area contributed by atoms with Gasteiger partial charge in [-0.25, -0.2) is 0 Å². The molecular weight excluding hydrogens is 412 g/mol. The van der Waals surface area contributed by atoms with Gasteiger partial charge in [-0.2, -0.15) is 17.6 Å². The molecule has 8 heteroatoms. The number of nitrogens with zero attached hydrogens (tertiary/aromatic N) is 2. The van der Waals surface area contributed by atoms with Crippen molar-refractivity contribution < 1.29 is 13.2 Å². The summed E-state index contributed by atoms with van der Waals surface area (Å²) >= 11 is 0. The quantitative estimate of drug-likeness (QED) is 0.514. The molecule has 1 aromatic heterocycles. The summed E-state index contributed by atoms with van der Waals surface area (Å²) in [6, 6.07) is 17.8. The van der Waals surface area contributed by atoms with Crippen molar-refractivity contribution in [1.82, 2.24) is 14.5 Å². The fourth-order valence-electron chi connectivity index (χ4n) is 4.17. The van der Waals surface area contributed by atoms with Crippen LogP contribution in [0.5, 0.6) is 0 Å². The molecule has 0 unspecified atom stereocenters. The Morgan fingerprint density at radius 3 is 2.52 bits per heavy atom. The third-order valence-corrected chi connectivity index (χ3v) is 7.43. The zero-order valence-electron chi connectivity index (χ0n) is 16.8. The molecule has 0 atom stereocenters. The number of rotatable bonds is 4. The minimum atomic E-state index is -3.99. The van der Waals surface area contributed by atoms with Crippen LogP contribution in [-0.4, -0.2) is 36.6 Å². The molecule has 1 saturated heterocycles. The van der Waals surface area contributed by atoms with Crippen molar-refractivity contribution in [3.8, 4) is 0 Å². The number of carbonyl (C=O) groups is 1. The van der Waals surface area contributed by atoms with Crippen LogP contribution in [0.25, 0.3) is 21.7 Å². The van der Waals surface area contributed by atoms with Gasteiger partial charge >= 0.3 is 0 Å². The topological polar surface area (TPSA) is 93.1 Å². The van der Waals surface area contributed by atoms with Crippen LogP contribution in [0, 0.1) is 5.92 Å². The molecule has 3 aromatic carbocycles. The number of para-hydroxylation sites is 1. The highest BCUT2D eigenvalue weighted by atomic mass is 32.2. The predicted octanol–water partition coefficient (Wildman–Crippen LogP) is 3.36. The molecule has 1 aliphatic rings. The molecule has 1 aliphatic heterocycles. The minimum absolute atomic E-state index is 0.0932. The van der Waals surface area contributed by atoms with Gasteiger partial charge in [0.25, 0.3) is 10.0 Å². The second kappa shape index (κ2) is 7.79. The maximum absolute atomic E-state index is 13.6. The summed E-state index contributed by atoms with van der Waals surface area (Å²) in [4.78, 5) is 13.0. The Morgan fingerprint density at radius 1 is 0.968 bits per heavy atom. The van der Waals surface area contributed by atoms with Crippen LogP contribution in [0.2, 0.25) is 0 Å². The molecule has 0 bridgehead atoms. The number of fused-ring (bicyclic) bond motifs is 2. The van der Waals surface area contributed by atoms with E-state index in [2.05, 4.69) is 15.7 Å². The summed E-state index contributed by atoms with van der Waals surface area (Å²) in [7, 11) is -3.99. The third kappa shape index (κ3) is 3.47. The maximum Gasteiger partial charge on any atom is 0.284 e. The summed E-state index contributed by atoms with van der Waals surface area (Å²) in [5.41, 5.74) is 0.820. The van der Waals surface area contributed by atoms with E-state index in [0.717, 1.165) is 35.4 Å². The first-order valence-electron chi connectivity index (χ1n) is 10.3. The van der Waals surface area contributed by atoms with E-state index in [1.165, 1.54) is 6.20 Å². The first-order chi connectivity index (χ1) is 15.1. The van der Waals surface area contributed by atoms with Gasteiger partial charge in [-0.1, -0.05) is 48.5 Å². The largest absolute Gasteiger partial charge is 0.324 e. The Kier molecular flexibility index (Phi) is 4.95. The van der Waals surface area contributed by atoms with Crippen molar-refractivity contribution in [3.63, 3.8) is 0 Å². The number of nitrogens with one attached hydrogen (secondary N) is 2. The van der Waals surface area contributed by atoms with E-state index in [1.807, 2.05) is 24.3 Å². The van der Waals surface area contributed by atoms with Crippen molar-refractivity contribution >= 4 is 43.3 Å². The van der Waals surface area contributed by atoms with Crippen LogP contribution in [0.4, 0.5) is 5.69 Å². The van der Waals surface area contributed by atoms with Crippen molar-refractivity contribution in [2.24, 2.45) is 5.92 Å². The zero-order chi connectivity index (χ0) is 21.4. The van der Waals surface area contributed by atoms with E-state index in [4.69, 9.17) is 0 Å². The van der Waals surface area contributed by atoms with Crippen LogP contribution in [0.3, 0.4) is 0 Å². The van der Waals surface area contributed by atoms with Gasteiger partial charge < -0.3 is 10.6 Å². The van der Waals surface area contributed by atoms with Crippen LogP contribution in [-0.2, 0) is 14.8 Å². The van der Waals surface area contributed by atoms with Crippen LogP contribution in [0.15, 0.2) is 71.8 Å². The molecule has 31 heavy (non-hydrogen) atoms. The second-order valence-corrected chi connectivity index (χ2v) is 9.46. The van der Waals surface area contributed by atoms with E-state index >= 15 is 0 Å². The molecule has 5 rings (SSSR count). The van der Waals surface area contributed by atoms with Gasteiger partial charge in [0.1, 0.15) is 5.52 Å². The van der Waals surface area contributed by atoms with E-state index in [-0.39, 0.29) is 16.7 Å². The molecule has 1 fully saturated rings. The summed E-state index contributed by atoms with van der Waals surface area (Å²) < 4.78 is 28.3. The van der Waals surface area contributed by atoms with Gasteiger partial charge in [0, 0.05) is 16.7 Å². The SMILES string of the molecule is O=C(Nc1cccc2cnn(S(=O)(=O)c3cccc4ccccc34)c12)C1CCNCC1. The molecule has 2 heterocycles. The van der Waals surface area contributed by atoms with Crippen molar-refractivity contribution in [1.29, 1.82) is 0 Å². The Hall–Kier alpha value is -3.23. The van der Waals surface area contributed by atoms with E-state index in [0.29, 0.717) is 22.0 Å². The van der Waals surface area contributed by atoms with Gasteiger partial charge in [-0.05, 0) is 43.5 Å². The molecule has 2 N–H and O–H groups in total. The van der Waals surface area contributed by atoms with Gasteiger partial charge in [-0.3, -0.25) is 4.79 Å². The van der Waals surface area contributed by atoms with Crippen LogP contribution < -0.4 is 10.6 Å². The number of hydrogen-bond acceptors (Lipinski definition) is 5. The van der Waals surface area contributed by atoms with Crippen molar-refractivity contribution in [3.05, 3.63) is 66.9 Å². The highest BCUT2D eigenvalue weighted by molar-refractivity contribution is 7.90. The number of piperidine rings is 1. The monoisotopic (exact) mass is 434 g/mol. The Labute approximate surface area is 180 Å². The van der Waals surface area contributed by atoms with Gasteiger partial charge in [0.2, 0.25) is 5.91 Å². The third-order valence-electron chi connectivity index (χ3n) is 5.78. The van der Waals surface area contributed by atoms with Gasteiger partial charge in [-0.15, -0.1) is 0 Å². The van der Waals surface area contributed by atoms with Gasteiger partial charge in [0.15, 0.2) is 0 Å². The Bertz CT molecular complexity index is 1380. The molecule has 4 aromatic rings. The molecular formula is C23H22N4O3S. The highest BCUT2D eigenvalue weighted by Crippen LogP contribution is 2.30. The zero-order valence-corrected chi connectivity index (χ0v) is 17.6. The number of anilines is 1. The Balaban J connectivity index is 1.61. The van der Waals surface area contributed by atoms with Gasteiger partial charge in [0.05, 0.1) is 16.8 Å². The number of benzene rings is 3. The van der Waals surface area contributed by atoms with E-state index in [9.17, 15) is 13.2 Å². The van der Waals surface area contributed by atoms with E-state index < -0.39 is 10.0 Å². The first-order valence-corrected chi connectivity index (χ1v) is 11.7. The molecule has 7 nitrogen and oxygen atoms in total. The molecule has 0 spiro atoms. The van der Waals surface area contributed by atoms with Crippen LogP contribution >= 0.6 is 0 Å². The number of carbonyl (C=O) groups excluding carboxylic acids is 1. The van der Waals surface area contributed by atoms with Crippen LogP contribution in [0.1, 0.15) is 12.8 Å².